The van der Waals surface area contributed by atoms with Gasteiger partial charge in [0.15, 0.2) is 23.2 Å². The molecule has 0 spiro atoms. The standard InChI is InChI=1S/C17H21N5O4/c1-2-11-13(24)14(25)17(26-11)22-8-20-12-15(18-7-19-16(12)22)21-9-3-5-10(23)6-4-9/h1,7-11,13-14,17,23-25H,3-6H2,(H,18,19,21). The number of aliphatic hydroxyl groups is 3. The van der Waals surface area contributed by atoms with Gasteiger partial charge in [-0.2, -0.15) is 0 Å². The fourth-order valence-corrected chi connectivity index (χ4v) is 3.58. The van der Waals surface area contributed by atoms with Gasteiger partial charge in [0.2, 0.25) is 0 Å². The molecule has 4 rings (SSSR count). The summed E-state index contributed by atoms with van der Waals surface area (Å²) in [7, 11) is 0. The molecule has 26 heavy (non-hydrogen) atoms. The van der Waals surface area contributed by atoms with Crippen molar-refractivity contribution in [2.75, 3.05) is 5.32 Å². The third kappa shape index (κ3) is 2.91. The van der Waals surface area contributed by atoms with Crippen molar-refractivity contribution in [3.8, 4) is 12.3 Å². The SMILES string of the molecule is C#CC1OC(n2cnc3c(NC4CCC(O)CC4)ncnc32)C(O)C1O. The smallest absolute Gasteiger partial charge is 0.167 e. The molecule has 138 valence electrons. The minimum absolute atomic E-state index is 0.211. The van der Waals surface area contributed by atoms with Gasteiger partial charge in [-0.3, -0.25) is 4.57 Å². The second-order valence-corrected chi connectivity index (χ2v) is 6.79. The number of anilines is 1. The van der Waals surface area contributed by atoms with Crippen LogP contribution in [0.5, 0.6) is 0 Å². The lowest BCUT2D eigenvalue weighted by molar-refractivity contribution is -0.0230. The molecule has 4 unspecified atom stereocenters. The van der Waals surface area contributed by atoms with Crippen LogP contribution in [0.4, 0.5) is 5.82 Å². The van der Waals surface area contributed by atoms with E-state index in [9.17, 15) is 15.3 Å². The fraction of sp³-hybridized carbons (Fsp3) is 0.588. The van der Waals surface area contributed by atoms with E-state index in [-0.39, 0.29) is 12.1 Å². The zero-order valence-electron chi connectivity index (χ0n) is 14.1. The molecule has 9 heteroatoms. The lowest BCUT2D eigenvalue weighted by atomic mass is 9.93. The number of ether oxygens (including phenoxy) is 1. The third-order valence-electron chi connectivity index (χ3n) is 5.07. The van der Waals surface area contributed by atoms with E-state index in [2.05, 4.69) is 26.2 Å². The van der Waals surface area contributed by atoms with Crippen molar-refractivity contribution in [2.24, 2.45) is 0 Å². The Hall–Kier alpha value is -2.25. The van der Waals surface area contributed by atoms with Gasteiger partial charge in [0.25, 0.3) is 0 Å². The maximum atomic E-state index is 10.2. The summed E-state index contributed by atoms with van der Waals surface area (Å²) in [5.74, 6) is 2.92. The molecule has 0 bridgehead atoms. The Labute approximate surface area is 150 Å². The number of aromatic nitrogens is 4. The van der Waals surface area contributed by atoms with Gasteiger partial charge in [-0.15, -0.1) is 6.42 Å². The van der Waals surface area contributed by atoms with Crippen molar-refractivity contribution in [3.05, 3.63) is 12.7 Å². The summed E-state index contributed by atoms with van der Waals surface area (Å²) in [5, 5.41) is 33.2. The largest absolute Gasteiger partial charge is 0.393 e. The molecule has 1 saturated heterocycles. The van der Waals surface area contributed by atoms with Crippen molar-refractivity contribution in [3.63, 3.8) is 0 Å². The van der Waals surface area contributed by atoms with Gasteiger partial charge in [0.1, 0.15) is 24.6 Å². The van der Waals surface area contributed by atoms with Crippen molar-refractivity contribution in [1.29, 1.82) is 0 Å². The van der Waals surface area contributed by atoms with Gasteiger partial charge in [0.05, 0.1) is 12.4 Å². The Morgan fingerprint density at radius 3 is 2.58 bits per heavy atom. The average molecular weight is 359 g/mol. The summed E-state index contributed by atoms with van der Waals surface area (Å²) < 4.78 is 7.12. The van der Waals surface area contributed by atoms with Crippen molar-refractivity contribution in [1.82, 2.24) is 19.5 Å². The summed E-state index contributed by atoms with van der Waals surface area (Å²) >= 11 is 0. The lowest BCUT2D eigenvalue weighted by Gasteiger charge is -2.26. The van der Waals surface area contributed by atoms with Crippen molar-refractivity contribution >= 4 is 17.0 Å². The van der Waals surface area contributed by atoms with Crippen LogP contribution in [0.3, 0.4) is 0 Å². The summed E-state index contributed by atoms with van der Waals surface area (Å²) in [6, 6.07) is 0.211. The van der Waals surface area contributed by atoms with Gasteiger partial charge in [-0.1, -0.05) is 5.92 Å². The van der Waals surface area contributed by atoms with Crippen LogP contribution in [0.15, 0.2) is 12.7 Å². The molecular weight excluding hydrogens is 338 g/mol. The third-order valence-corrected chi connectivity index (χ3v) is 5.07. The molecule has 2 aromatic rings. The summed E-state index contributed by atoms with van der Waals surface area (Å²) in [6.45, 7) is 0. The molecule has 1 aliphatic carbocycles. The maximum absolute atomic E-state index is 10.2. The first-order chi connectivity index (χ1) is 12.6. The molecule has 0 aromatic carbocycles. The number of aliphatic hydroxyl groups excluding tert-OH is 3. The number of nitrogens with zero attached hydrogens (tertiary/aromatic N) is 4. The van der Waals surface area contributed by atoms with Crippen LogP contribution in [-0.4, -0.2) is 65.3 Å². The second-order valence-electron chi connectivity index (χ2n) is 6.79. The van der Waals surface area contributed by atoms with E-state index in [1.807, 2.05) is 0 Å². The van der Waals surface area contributed by atoms with Gasteiger partial charge in [-0.25, -0.2) is 15.0 Å². The van der Waals surface area contributed by atoms with E-state index in [0.717, 1.165) is 25.7 Å². The normalized spacial score (nSPS) is 34.7. The number of hydrogen-bond donors (Lipinski definition) is 4. The minimum atomic E-state index is -1.18. The highest BCUT2D eigenvalue weighted by Crippen LogP contribution is 2.32. The van der Waals surface area contributed by atoms with Crippen LogP contribution in [0.2, 0.25) is 0 Å². The molecule has 0 amide bonds. The van der Waals surface area contributed by atoms with Crippen molar-refractivity contribution in [2.45, 2.75) is 62.4 Å². The highest BCUT2D eigenvalue weighted by Gasteiger charge is 2.43. The number of rotatable bonds is 3. The number of hydrogen-bond acceptors (Lipinski definition) is 8. The Morgan fingerprint density at radius 1 is 1.12 bits per heavy atom. The molecular formula is C17H21N5O4. The van der Waals surface area contributed by atoms with Crippen molar-refractivity contribution < 1.29 is 20.1 Å². The minimum Gasteiger partial charge on any atom is -0.393 e. The van der Waals surface area contributed by atoms with E-state index in [1.165, 1.54) is 12.7 Å². The number of nitrogens with one attached hydrogen (secondary N) is 1. The molecule has 9 nitrogen and oxygen atoms in total. The average Bonchev–Trinajstić information content (AvgIpc) is 3.19. The van der Waals surface area contributed by atoms with E-state index >= 15 is 0 Å². The number of terminal acetylenes is 1. The molecule has 1 saturated carbocycles. The number of imidazole rings is 1. The Bertz CT molecular complexity index is 826. The molecule has 4 N–H and O–H groups in total. The van der Waals surface area contributed by atoms with Gasteiger partial charge in [0, 0.05) is 6.04 Å². The van der Waals surface area contributed by atoms with E-state index in [0.29, 0.717) is 17.0 Å². The van der Waals surface area contributed by atoms with Crippen LogP contribution in [0, 0.1) is 12.3 Å². The Balaban J connectivity index is 1.61. The van der Waals surface area contributed by atoms with Crippen LogP contribution in [0.1, 0.15) is 31.9 Å². The summed E-state index contributed by atoms with van der Waals surface area (Å²) in [6.07, 6.45) is 7.12. The van der Waals surface area contributed by atoms with E-state index in [1.54, 1.807) is 4.57 Å². The fourth-order valence-electron chi connectivity index (χ4n) is 3.58. The highest BCUT2D eigenvalue weighted by atomic mass is 16.6. The monoisotopic (exact) mass is 359 g/mol. The molecule has 3 heterocycles. The lowest BCUT2D eigenvalue weighted by Crippen LogP contribution is -2.30. The van der Waals surface area contributed by atoms with Gasteiger partial charge in [-0.05, 0) is 25.7 Å². The summed E-state index contributed by atoms with van der Waals surface area (Å²) in [5.41, 5.74) is 1.03. The van der Waals surface area contributed by atoms with E-state index < -0.39 is 24.5 Å². The molecule has 2 fully saturated rings. The van der Waals surface area contributed by atoms with Gasteiger partial charge < -0.3 is 25.4 Å². The van der Waals surface area contributed by atoms with E-state index in [4.69, 9.17) is 11.2 Å². The molecule has 2 aromatic heterocycles. The Morgan fingerprint density at radius 2 is 1.88 bits per heavy atom. The zero-order chi connectivity index (χ0) is 18.3. The van der Waals surface area contributed by atoms with Crippen LogP contribution in [0.25, 0.3) is 11.2 Å². The number of fused-ring (bicyclic) bond motifs is 1. The summed E-state index contributed by atoms with van der Waals surface area (Å²) in [4.78, 5) is 12.9. The first-order valence-electron chi connectivity index (χ1n) is 8.68. The van der Waals surface area contributed by atoms with Crippen LogP contribution in [-0.2, 0) is 4.74 Å². The predicted molar refractivity (Wildman–Crippen MR) is 92.0 cm³/mol. The molecule has 4 atom stereocenters. The first kappa shape index (κ1) is 17.2. The zero-order valence-corrected chi connectivity index (χ0v) is 14.1. The quantitative estimate of drug-likeness (QED) is 0.555. The van der Waals surface area contributed by atoms with Crippen LogP contribution >= 0.6 is 0 Å². The molecule has 1 aliphatic heterocycles. The first-order valence-corrected chi connectivity index (χ1v) is 8.68. The topological polar surface area (TPSA) is 126 Å². The second kappa shape index (κ2) is 6.81. The Kier molecular flexibility index (Phi) is 4.50. The predicted octanol–water partition coefficient (Wildman–Crippen LogP) is -0.206. The van der Waals surface area contributed by atoms with Crippen LogP contribution < -0.4 is 5.32 Å². The van der Waals surface area contributed by atoms with Gasteiger partial charge >= 0.3 is 0 Å². The molecule has 0 radical (unpaired) electrons. The highest BCUT2D eigenvalue weighted by molar-refractivity contribution is 5.82. The molecule has 2 aliphatic rings. The maximum Gasteiger partial charge on any atom is 0.167 e.